The highest BCUT2D eigenvalue weighted by molar-refractivity contribution is 5.60. The van der Waals surface area contributed by atoms with Crippen LogP contribution in [-0.2, 0) is 6.54 Å². The average molecular weight is 257 g/mol. The van der Waals surface area contributed by atoms with Crippen molar-refractivity contribution in [1.29, 1.82) is 0 Å². The van der Waals surface area contributed by atoms with Crippen LogP contribution in [0.3, 0.4) is 0 Å². The number of benzene rings is 2. The van der Waals surface area contributed by atoms with Gasteiger partial charge in [-0.25, -0.2) is 0 Å². The average Bonchev–Trinajstić information content (AvgIpc) is 2.40. The van der Waals surface area contributed by atoms with E-state index in [4.69, 9.17) is 4.74 Å². The van der Waals surface area contributed by atoms with Crippen molar-refractivity contribution in [1.82, 2.24) is 0 Å². The molecule has 0 amide bonds. The fraction of sp³-hybridized carbons (Fsp3) is 0.250. The molecule has 19 heavy (non-hydrogen) atoms. The first-order chi connectivity index (χ1) is 9.13. The summed E-state index contributed by atoms with van der Waals surface area (Å²) in [5.41, 5.74) is 4.10. The van der Waals surface area contributed by atoms with Crippen LogP contribution in [0.25, 0.3) is 0 Å². The number of ether oxygens (including phenoxy) is 1. The summed E-state index contributed by atoms with van der Waals surface area (Å²) >= 11 is 0. The molecule has 0 saturated carbocycles. The first kappa shape index (κ1) is 13.3. The van der Waals surface area contributed by atoms with Gasteiger partial charge in [-0.1, -0.05) is 24.3 Å². The van der Waals surface area contributed by atoms with Crippen molar-refractivity contribution in [3.63, 3.8) is 0 Å². The Morgan fingerprint density at radius 1 is 1.11 bits per heavy atom. The molecule has 0 radical (unpaired) electrons. The van der Waals surface area contributed by atoms with Crippen LogP contribution in [-0.4, -0.2) is 12.2 Å². The minimum atomic E-state index is 0.312. The van der Waals surface area contributed by atoms with Crippen molar-refractivity contribution < 1.29 is 9.84 Å². The highest BCUT2D eigenvalue weighted by Crippen LogP contribution is 2.29. The van der Waals surface area contributed by atoms with Crippen molar-refractivity contribution >= 4 is 5.69 Å². The van der Waals surface area contributed by atoms with Gasteiger partial charge in [-0.05, 0) is 31.5 Å². The zero-order valence-electron chi connectivity index (χ0n) is 11.5. The molecule has 2 aromatic carbocycles. The van der Waals surface area contributed by atoms with Gasteiger partial charge < -0.3 is 15.2 Å². The first-order valence-electron chi connectivity index (χ1n) is 6.28. The molecule has 0 fully saturated rings. The summed E-state index contributed by atoms with van der Waals surface area (Å²) in [5.74, 6) is 1.22. The summed E-state index contributed by atoms with van der Waals surface area (Å²) in [4.78, 5) is 0. The van der Waals surface area contributed by atoms with Gasteiger partial charge in [0.15, 0.2) is 0 Å². The molecule has 3 nitrogen and oxygen atoms in total. The number of aromatic hydroxyl groups is 1. The van der Waals surface area contributed by atoms with Crippen molar-refractivity contribution in [2.45, 2.75) is 20.4 Å². The van der Waals surface area contributed by atoms with Crippen LogP contribution in [0.15, 0.2) is 36.4 Å². The van der Waals surface area contributed by atoms with E-state index in [0.29, 0.717) is 12.3 Å². The normalized spacial score (nSPS) is 10.3. The topological polar surface area (TPSA) is 41.5 Å². The predicted octanol–water partition coefficient (Wildman–Crippen LogP) is 3.63. The van der Waals surface area contributed by atoms with Crippen LogP contribution < -0.4 is 10.1 Å². The van der Waals surface area contributed by atoms with Gasteiger partial charge in [-0.15, -0.1) is 0 Å². The lowest BCUT2D eigenvalue weighted by molar-refractivity contribution is 0.409. The van der Waals surface area contributed by atoms with Gasteiger partial charge in [-0.3, -0.25) is 0 Å². The number of para-hydroxylation sites is 1. The molecule has 0 bridgehead atoms. The Kier molecular flexibility index (Phi) is 3.95. The Morgan fingerprint density at radius 3 is 2.53 bits per heavy atom. The second-order valence-corrected chi connectivity index (χ2v) is 4.57. The molecule has 0 unspecified atom stereocenters. The zero-order chi connectivity index (χ0) is 13.8. The molecule has 0 aliphatic rings. The van der Waals surface area contributed by atoms with E-state index >= 15 is 0 Å². The van der Waals surface area contributed by atoms with Crippen LogP contribution in [0, 0.1) is 13.8 Å². The van der Waals surface area contributed by atoms with Crippen molar-refractivity contribution in [2.24, 2.45) is 0 Å². The van der Waals surface area contributed by atoms with Gasteiger partial charge in [-0.2, -0.15) is 0 Å². The molecule has 2 rings (SSSR count). The molecule has 0 aliphatic carbocycles. The molecule has 0 aromatic heterocycles. The number of phenols is 1. The summed E-state index contributed by atoms with van der Waals surface area (Å²) in [5, 5.41) is 13.1. The Balaban J connectivity index is 2.19. The fourth-order valence-electron chi connectivity index (χ4n) is 2.18. The van der Waals surface area contributed by atoms with Gasteiger partial charge in [0.1, 0.15) is 11.5 Å². The van der Waals surface area contributed by atoms with Crippen LogP contribution in [0.5, 0.6) is 11.5 Å². The van der Waals surface area contributed by atoms with Crippen molar-refractivity contribution in [2.75, 3.05) is 12.4 Å². The lowest BCUT2D eigenvalue weighted by Gasteiger charge is -2.15. The standard InChI is InChI=1S/C16H19NO2/c1-11-8-9-14(12(2)16(11)19-3)17-10-13-6-4-5-7-15(13)18/h4-9,17-18H,10H2,1-3H3. The maximum Gasteiger partial charge on any atom is 0.126 e. The number of rotatable bonds is 4. The number of hydrogen-bond donors (Lipinski definition) is 2. The third-order valence-corrected chi connectivity index (χ3v) is 3.27. The Labute approximate surface area is 113 Å². The first-order valence-corrected chi connectivity index (χ1v) is 6.28. The van der Waals surface area contributed by atoms with Crippen LogP contribution in [0.4, 0.5) is 5.69 Å². The SMILES string of the molecule is COc1c(C)ccc(NCc2ccccc2O)c1C. The maximum absolute atomic E-state index is 9.74. The highest BCUT2D eigenvalue weighted by Gasteiger charge is 2.08. The molecular formula is C16H19NO2. The Bertz CT molecular complexity index is 579. The Morgan fingerprint density at radius 2 is 1.84 bits per heavy atom. The lowest BCUT2D eigenvalue weighted by Crippen LogP contribution is -2.03. The molecule has 2 N–H and O–H groups in total. The summed E-state index contributed by atoms with van der Waals surface area (Å²) in [6.45, 7) is 4.64. The number of anilines is 1. The van der Waals surface area contributed by atoms with Crippen LogP contribution in [0.2, 0.25) is 0 Å². The second kappa shape index (κ2) is 5.65. The lowest BCUT2D eigenvalue weighted by atomic mass is 10.1. The quantitative estimate of drug-likeness (QED) is 0.878. The van der Waals surface area contributed by atoms with Gasteiger partial charge in [0.2, 0.25) is 0 Å². The van der Waals surface area contributed by atoms with Crippen LogP contribution in [0.1, 0.15) is 16.7 Å². The molecule has 0 aliphatic heterocycles. The number of phenolic OH excluding ortho intramolecular Hbond substituents is 1. The minimum Gasteiger partial charge on any atom is -0.508 e. The third-order valence-electron chi connectivity index (χ3n) is 3.27. The maximum atomic E-state index is 9.74. The molecule has 0 atom stereocenters. The number of methoxy groups -OCH3 is 1. The van der Waals surface area contributed by atoms with E-state index in [-0.39, 0.29) is 0 Å². The minimum absolute atomic E-state index is 0.312. The molecule has 0 saturated heterocycles. The second-order valence-electron chi connectivity index (χ2n) is 4.57. The van der Waals surface area contributed by atoms with E-state index in [0.717, 1.165) is 28.1 Å². The molecule has 3 heteroatoms. The van der Waals surface area contributed by atoms with Gasteiger partial charge in [0.05, 0.1) is 7.11 Å². The Hall–Kier alpha value is -2.16. The predicted molar refractivity (Wildman–Crippen MR) is 77.9 cm³/mol. The van der Waals surface area contributed by atoms with Gasteiger partial charge in [0, 0.05) is 23.4 Å². The fourth-order valence-corrected chi connectivity index (χ4v) is 2.18. The third kappa shape index (κ3) is 2.81. The van der Waals surface area contributed by atoms with Gasteiger partial charge in [0.25, 0.3) is 0 Å². The zero-order valence-corrected chi connectivity index (χ0v) is 11.5. The number of nitrogens with one attached hydrogen (secondary N) is 1. The molecule has 100 valence electrons. The monoisotopic (exact) mass is 257 g/mol. The molecule has 0 spiro atoms. The summed E-state index contributed by atoms with van der Waals surface area (Å²) in [6, 6.07) is 11.4. The van der Waals surface area contributed by atoms with E-state index in [2.05, 4.69) is 5.32 Å². The van der Waals surface area contributed by atoms with E-state index in [1.807, 2.05) is 44.2 Å². The number of hydrogen-bond acceptors (Lipinski definition) is 3. The van der Waals surface area contributed by atoms with Gasteiger partial charge >= 0.3 is 0 Å². The van der Waals surface area contributed by atoms with E-state index in [1.165, 1.54) is 0 Å². The molecule has 2 aromatic rings. The van der Waals surface area contributed by atoms with Crippen LogP contribution >= 0.6 is 0 Å². The van der Waals surface area contributed by atoms with E-state index < -0.39 is 0 Å². The van der Waals surface area contributed by atoms with Crippen molar-refractivity contribution in [3.05, 3.63) is 53.1 Å². The van der Waals surface area contributed by atoms with E-state index in [9.17, 15) is 5.11 Å². The highest BCUT2D eigenvalue weighted by atomic mass is 16.5. The smallest absolute Gasteiger partial charge is 0.126 e. The summed E-state index contributed by atoms with van der Waals surface area (Å²) in [6.07, 6.45) is 0. The molecule has 0 heterocycles. The largest absolute Gasteiger partial charge is 0.508 e. The summed E-state index contributed by atoms with van der Waals surface area (Å²) in [7, 11) is 1.68. The number of aryl methyl sites for hydroxylation is 1. The molecular weight excluding hydrogens is 238 g/mol. The van der Waals surface area contributed by atoms with E-state index in [1.54, 1.807) is 13.2 Å². The summed E-state index contributed by atoms with van der Waals surface area (Å²) < 4.78 is 5.40. The van der Waals surface area contributed by atoms with Crippen molar-refractivity contribution in [3.8, 4) is 11.5 Å².